The van der Waals surface area contributed by atoms with Crippen molar-refractivity contribution in [3.05, 3.63) is 29.8 Å². The van der Waals surface area contributed by atoms with Gasteiger partial charge in [-0.1, -0.05) is 25.1 Å². The van der Waals surface area contributed by atoms with Gasteiger partial charge in [0.1, 0.15) is 5.75 Å². The van der Waals surface area contributed by atoms with Crippen LogP contribution in [0.1, 0.15) is 12.5 Å². The first-order valence-electron chi connectivity index (χ1n) is 4.11. The van der Waals surface area contributed by atoms with Crippen LogP contribution in [0.2, 0.25) is 0 Å². The fourth-order valence-corrected chi connectivity index (χ4v) is 1.10. The largest absolute Gasteiger partial charge is 0.508 e. The summed E-state index contributed by atoms with van der Waals surface area (Å²) in [4.78, 5) is 10.5. The van der Waals surface area contributed by atoms with Gasteiger partial charge in [0.05, 0.1) is 5.92 Å². The topological polar surface area (TPSA) is 57.5 Å². The molecule has 0 saturated carbocycles. The van der Waals surface area contributed by atoms with E-state index in [0.717, 1.165) is 0 Å². The second-order valence-electron chi connectivity index (χ2n) is 3.07. The molecule has 3 heteroatoms. The minimum absolute atomic E-state index is 0.163. The number of carboxylic acids is 1. The standard InChI is InChI=1S/C10H12O3/c1-7(10(12)13)6-8-4-2-3-5-9(8)11/h2-5,7,11H,6H2,1H3,(H,12,13). The summed E-state index contributed by atoms with van der Waals surface area (Å²) in [5.74, 6) is -1.15. The molecule has 1 atom stereocenters. The lowest BCUT2D eigenvalue weighted by atomic mass is 10.0. The van der Waals surface area contributed by atoms with Crippen molar-refractivity contribution < 1.29 is 15.0 Å². The summed E-state index contributed by atoms with van der Waals surface area (Å²) in [5, 5.41) is 18.0. The Labute approximate surface area is 76.6 Å². The van der Waals surface area contributed by atoms with Crippen molar-refractivity contribution in [2.45, 2.75) is 13.3 Å². The Bertz CT molecular complexity index is 307. The van der Waals surface area contributed by atoms with Crippen LogP contribution in [0.15, 0.2) is 24.3 Å². The highest BCUT2D eigenvalue weighted by molar-refractivity contribution is 5.70. The summed E-state index contributed by atoms with van der Waals surface area (Å²) >= 11 is 0. The summed E-state index contributed by atoms with van der Waals surface area (Å²) in [6, 6.07) is 6.78. The van der Waals surface area contributed by atoms with Crippen LogP contribution in [0.4, 0.5) is 0 Å². The second kappa shape index (κ2) is 3.94. The Kier molecular flexibility index (Phi) is 2.90. The number of rotatable bonds is 3. The first-order valence-corrected chi connectivity index (χ1v) is 4.11. The van der Waals surface area contributed by atoms with Crippen molar-refractivity contribution in [3.8, 4) is 5.75 Å². The van der Waals surface area contributed by atoms with E-state index in [-0.39, 0.29) is 5.75 Å². The maximum absolute atomic E-state index is 10.5. The van der Waals surface area contributed by atoms with Crippen molar-refractivity contribution in [1.82, 2.24) is 0 Å². The molecule has 1 rings (SSSR count). The third kappa shape index (κ3) is 2.47. The SMILES string of the molecule is CC(Cc1ccccc1O)C(=O)O. The number of aromatic hydroxyl groups is 1. The number of aliphatic carboxylic acids is 1. The third-order valence-electron chi connectivity index (χ3n) is 1.94. The Balaban J connectivity index is 2.74. The van der Waals surface area contributed by atoms with E-state index in [2.05, 4.69) is 0 Å². The van der Waals surface area contributed by atoms with Gasteiger partial charge in [-0.3, -0.25) is 4.79 Å². The molecule has 70 valence electrons. The monoisotopic (exact) mass is 180 g/mol. The highest BCUT2D eigenvalue weighted by atomic mass is 16.4. The molecule has 0 aliphatic heterocycles. The van der Waals surface area contributed by atoms with Crippen LogP contribution in [0, 0.1) is 5.92 Å². The molecule has 0 spiro atoms. The highest BCUT2D eigenvalue weighted by Crippen LogP contribution is 2.19. The van der Waals surface area contributed by atoms with Crippen LogP contribution < -0.4 is 0 Å². The first kappa shape index (κ1) is 9.58. The Morgan fingerprint density at radius 3 is 2.62 bits per heavy atom. The van der Waals surface area contributed by atoms with Crippen LogP contribution >= 0.6 is 0 Å². The molecule has 1 aromatic carbocycles. The van der Waals surface area contributed by atoms with Crippen molar-refractivity contribution in [2.75, 3.05) is 0 Å². The van der Waals surface area contributed by atoms with Crippen molar-refractivity contribution in [1.29, 1.82) is 0 Å². The van der Waals surface area contributed by atoms with E-state index in [1.54, 1.807) is 31.2 Å². The zero-order chi connectivity index (χ0) is 9.84. The number of para-hydroxylation sites is 1. The van der Waals surface area contributed by atoms with E-state index in [1.807, 2.05) is 0 Å². The van der Waals surface area contributed by atoms with Crippen molar-refractivity contribution in [2.24, 2.45) is 5.92 Å². The Morgan fingerprint density at radius 2 is 2.08 bits per heavy atom. The van der Waals surface area contributed by atoms with Crippen LogP contribution in [0.3, 0.4) is 0 Å². The van der Waals surface area contributed by atoms with Crippen molar-refractivity contribution in [3.63, 3.8) is 0 Å². The smallest absolute Gasteiger partial charge is 0.306 e. The molecule has 3 nitrogen and oxygen atoms in total. The molecule has 2 N–H and O–H groups in total. The number of phenols is 1. The van der Waals surface area contributed by atoms with E-state index in [1.165, 1.54) is 0 Å². The molecule has 1 aromatic rings. The zero-order valence-corrected chi connectivity index (χ0v) is 7.40. The van der Waals surface area contributed by atoms with Gasteiger partial charge in [0.15, 0.2) is 0 Å². The van der Waals surface area contributed by atoms with Crippen LogP contribution in [-0.4, -0.2) is 16.2 Å². The molecular weight excluding hydrogens is 168 g/mol. The summed E-state index contributed by atoms with van der Waals surface area (Å²) in [6.45, 7) is 1.62. The second-order valence-corrected chi connectivity index (χ2v) is 3.07. The quantitative estimate of drug-likeness (QED) is 0.743. The van der Waals surface area contributed by atoms with Crippen LogP contribution in [0.25, 0.3) is 0 Å². The lowest BCUT2D eigenvalue weighted by Gasteiger charge is -2.07. The summed E-state index contributed by atoms with van der Waals surface area (Å²) in [7, 11) is 0. The summed E-state index contributed by atoms with van der Waals surface area (Å²) in [6.07, 6.45) is 0.363. The first-order chi connectivity index (χ1) is 6.11. The number of benzene rings is 1. The van der Waals surface area contributed by atoms with E-state index >= 15 is 0 Å². The minimum Gasteiger partial charge on any atom is -0.508 e. The molecule has 1 unspecified atom stereocenters. The maximum atomic E-state index is 10.5. The minimum atomic E-state index is -0.844. The van der Waals surface area contributed by atoms with Gasteiger partial charge in [0.25, 0.3) is 0 Å². The Hall–Kier alpha value is -1.51. The lowest BCUT2D eigenvalue weighted by Crippen LogP contribution is -2.12. The van der Waals surface area contributed by atoms with Gasteiger partial charge >= 0.3 is 5.97 Å². The predicted molar refractivity (Wildman–Crippen MR) is 48.6 cm³/mol. The van der Waals surface area contributed by atoms with E-state index in [9.17, 15) is 9.90 Å². The average Bonchev–Trinajstić information content (AvgIpc) is 2.08. The molecule has 0 amide bonds. The summed E-state index contributed by atoms with van der Waals surface area (Å²) in [5.41, 5.74) is 0.678. The molecule has 0 aliphatic rings. The van der Waals surface area contributed by atoms with E-state index in [0.29, 0.717) is 12.0 Å². The number of hydrogen-bond acceptors (Lipinski definition) is 2. The number of phenolic OH excluding ortho intramolecular Hbond substituents is 1. The van der Waals surface area contributed by atoms with Crippen LogP contribution in [0.5, 0.6) is 5.75 Å². The fourth-order valence-electron chi connectivity index (χ4n) is 1.10. The van der Waals surface area contributed by atoms with Gasteiger partial charge in [-0.15, -0.1) is 0 Å². The molecule has 0 saturated heterocycles. The number of carbonyl (C=O) groups is 1. The maximum Gasteiger partial charge on any atom is 0.306 e. The van der Waals surface area contributed by atoms with E-state index in [4.69, 9.17) is 5.11 Å². The summed E-state index contributed by atoms with van der Waals surface area (Å²) < 4.78 is 0. The molecule has 0 radical (unpaired) electrons. The average molecular weight is 180 g/mol. The van der Waals surface area contributed by atoms with Gasteiger partial charge in [0, 0.05) is 0 Å². The van der Waals surface area contributed by atoms with Crippen molar-refractivity contribution >= 4 is 5.97 Å². The van der Waals surface area contributed by atoms with Gasteiger partial charge in [-0.2, -0.15) is 0 Å². The lowest BCUT2D eigenvalue weighted by molar-refractivity contribution is -0.141. The fraction of sp³-hybridized carbons (Fsp3) is 0.300. The highest BCUT2D eigenvalue weighted by Gasteiger charge is 2.13. The molecule has 13 heavy (non-hydrogen) atoms. The Morgan fingerprint density at radius 1 is 1.46 bits per heavy atom. The zero-order valence-electron chi connectivity index (χ0n) is 7.40. The molecule has 0 fully saturated rings. The molecular formula is C10H12O3. The molecule has 0 bridgehead atoms. The van der Waals surface area contributed by atoms with E-state index < -0.39 is 11.9 Å². The normalized spacial score (nSPS) is 12.4. The number of hydrogen-bond donors (Lipinski definition) is 2. The van der Waals surface area contributed by atoms with Gasteiger partial charge < -0.3 is 10.2 Å². The molecule has 0 aromatic heterocycles. The number of carboxylic acid groups (broad SMARTS) is 1. The predicted octanol–water partition coefficient (Wildman–Crippen LogP) is 1.66. The molecule has 0 heterocycles. The van der Waals surface area contributed by atoms with Gasteiger partial charge in [-0.25, -0.2) is 0 Å². The third-order valence-corrected chi connectivity index (χ3v) is 1.94. The van der Waals surface area contributed by atoms with Crippen LogP contribution in [-0.2, 0) is 11.2 Å². The van der Waals surface area contributed by atoms with Gasteiger partial charge in [-0.05, 0) is 18.1 Å². The molecule has 0 aliphatic carbocycles. The van der Waals surface area contributed by atoms with Gasteiger partial charge in [0.2, 0.25) is 0 Å².